The molecule has 0 unspecified atom stereocenters. The molecular weight excluding hydrogens is 458 g/mol. The number of nitriles is 1. The number of hydrogen-bond donors (Lipinski definition) is 1. The van der Waals surface area contributed by atoms with Crippen molar-refractivity contribution < 1.29 is 4.79 Å². The minimum atomic E-state index is -0.426. The predicted octanol–water partition coefficient (Wildman–Crippen LogP) is 6.56. The lowest BCUT2D eigenvalue weighted by atomic mass is 9.72. The number of nitrogens with zero attached hydrogens (tertiary/aromatic N) is 2. The zero-order chi connectivity index (χ0) is 23.7. The van der Waals surface area contributed by atoms with Crippen LogP contribution in [0.15, 0.2) is 99.0 Å². The van der Waals surface area contributed by atoms with Gasteiger partial charge in [-0.15, -0.1) is 23.1 Å². The Labute approximate surface area is 208 Å². The summed E-state index contributed by atoms with van der Waals surface area (Å²) in [6, 6.07) is 24.5. The summed E-state index contributed by atoms with van der Waals surface area (Å²) in [6.45, 7) is 2.11. The van der Waals surface area contributed by atoms with Gasteiger partial charge < -0.3 is 5.73 Å². The molecule has 0 spiro atoms. The number of anilines is 1. The number of carbonyl (C=O) groups is 1. The normalized spacial score (nSPS) is 20.4. The number of thiophene rings is 1. The molecule has 0 saturated carbocycles. The van der Waals surface area contributed by atoms with Gasteiger partial charge in [0, 0.05) is 23.4 Å². The summed E-state index contributed by atoms with van der Waals surface area (Å²) in [7, 11) is 0. The smallest absolute Gasteiger partial charge is 0.162 e. The number of para-hydroxylation sites is 1. The van der Waals surface area contributed by atoms with E-state index in [1.54, 1.807) is 23.1 Å². The van der Waals surface area contributed by atoms with Gasteiger partial charge in [-0.2, -0.15) is 5.26 Å². The van der Waals surface area contributed by atoms with E-state index in [1.165, 1.54) is 0 Å². The summed E-state index contributed by atoms with van der Waals surface area (Å²) >= 11 is 3.41. The van der Waals surface area contributed by atoms with E-state index in [1.807, 2.05) is 58.8 Å². The van der Waals surface area contributed by atoms with Crippen LogP contribution in [0.4, 0.5) is 5.69 Å². The number of nitrogens with two attached hydrogens (primary N) is 1. The Morgan fingerprint density at radius 3 is 2.47 bits per heavy atom. The highest BCUT2D eigenvalue weighted by Crippen LogP contribution is 2.51. The molecule has 0 bridgehead atoms. The van der Waals surface area contributed by atoms with E-state index < -0.39 is 5.92 Å². The number of benzene rings is 2. The molecule has 6 heteroatoms. The standard InChI is InChI=1S/C28H25N3OS2/c1-2-33-28-21(13-14-34-28)25-22(17-29)27(30)31(20-11-7-4-8-12-20)23-15-19(16-24(32)26(23)25)18-9-5-3-6-10-18/h3-14,19,25H,2,15-16,30H2,1H3/t19-,25+/m0/s1. The maximum atomic E-state index is 13.9. The monoisotopic (exact) mass is 483 g/mol. The number of hydrogen-bond acceptors (Lipinski definition) is 6. The average Bonchev–Trinajstić information content (AvgIpc) is 3.32. The molecule has 2 heterocycles. The number of thioether (sulfide) groups is 1. The number of ketones is 1. The molecule has 1 aliphatic carbocycles. The van der Waals surface area contributed by atoms with E-state index in [9.17, 15) is 10.1 Å². The van der Waals surface area contributed by atoms with Crippen LogP contribution in [0, 0.1) is 11.3 Å². The predicted molar refractivity (Wildman–Crippen MR) is 140 cm³/mol. The number of rotatable bonds is 5. The second kappa shape index (κ2) is 9.54. The SMILES string of the molecule is CCSc1sccc1[C@@H]1C(C#N)=C(N)N(c2ccccc2)C2=C1C(=O)C[C@@H](c1ccccc1)C2. The average molecular weight is 484 g/mol. The summed E-state index contributed by atoms with van der Waals surface area (Å²) in [4.78, 5) is 15.8. The molecule has 1 aromatic heterocycles. The fourth-order valence-corrected chi connectivity index (χ4v) is 7.11. The Kier molecular flexibility index (Phi) is 6.32. The lowest BCUT2D eigenvalue weighted by Crippen LogP contribution is -2.40. The first kappa shape index (κ1) is 22.5. The van der Waals surface area contributed by atoms with Crippen LogP contribution in [0.5, 0.6) is 0 Å². The molecule has 34 heavy (non-hydrogen) atoms. The fraction of sp³-hybridized carbons (Fsp3) is 0.214. The van der Waals surface area contributed by atoms with Gasteiger partial charge in [0.1, 0.15) is 5.82 Å². The maximum absolute atomic E-state index is 13.9. The molecule has 0 saturated heterocycles. The Morgan fingerprint density at radius 1 is 1.09 bits per heavy atom. The third kappa shape index (κ3) is 3.85. The molecule has 2 aromatic carbocycles. The molecule has 2 aliphatic rings. The summed E-state index contributed by atoms with van der Waals surface area (Å²) < 4.78 is 1.14. The lowest BCUT2D eigenvalue weighted by molar-refractivity contribution is -0.116. The first-order chi connectivity index (χ1) is 16.6. The first-order valence-corrected chi connectivity index (χ1v) is 13.3. The van der Waals surface area contributed by atoms with Crippen molar-refractivity contribution in [1.29, 1.82) is 5.26 Å². The van der Waals surface area contributed by atoms with Crippen molar-refractivity contribution in [2.24, 2.45) is 5.73 Å². The van der Waals surface area contributed by atoms with Crippen molar-refractivity contribution in [2.45, 2.75) is 35.8 Å². The molecule has 170 valence electrons. The van der Waals surface area contributed by atoms with Gasteiger partial charge in [0.25, 0.3) is 0 Å². The van der Waals surface area contributed by atoms with Gasteiger partial charge in [-0.3, -0.25) is 9.69 Å². The lowest BCUT2D eigenvalue weighted by Gasteiger charge is -2.41. The first-order valence-electron chi connectivity index (χ1n) is 11.4. The van der Waals surface area contributed by atoms with Gasteiger partial charge in [0.2, 0.25) is 0 Å². The van der Waals surface area contributed by atoms with E-state index in [2.05, 4.69) is 31.2 Å². The van der Waals surface area contributed by atoms with E-state index in [0.29, 0.717) is 24.2 Å². The molecule has 0 radical (unpaired) electrons. The highest BCUT2D eigenvalue weighted by Gasteiger charge is 2.43. The molecule has 0 fully saturated rings. The molecule has 5 rings (SSSR count). The minimum absolute atomic E-state index is 0.0720. The molecule has 0 amide bonds. The topological polar surface area (TPSA) is 70.1 Å². The minimum Gasteiger partial charge on any atom is -0.384 e. The van der Waals surface area contributed by atoms with Crippen molar-refractivity contribution >= 4 is 34.6 Å². The number of allylic oxidation sites excluding steroid dienone is 3. The Bertz CT molecular complexity index is 1320. The molecule has 2 N–H and O–H groups in total. The zero-order valence-corrected chi connectivity index (χ0v) is 20.5. The highest BCUT2D eigenvalue weighted by atomic mass is 32.2. The third-order valence-electron chi connectivity index (χ3n) is 6.50. The van der Waals surface area contributed by atoms with Crippen LogP contribution in [-0.2, 0) is 4.79 Å². The largest absolute Gasteiger partial charge is 0.384 e. The van der Waals surface area contributed by atoms with E-state index >= 15 is 0 Å². The molecular formula is C28H25N3OS2. The molecule has 3 aromatic rings. The Balaban J connectivity index is 1.72. The van der Waals surface area contributed by atoms with Crippen molar-refractivity contribution in [3.63, 3.8) is 0 Å². The van der Waals surface area contributed by atoms with Crippen LogP contribution >= 0.6 is 23.1 Å². The second-order valence-electron chi connectivity index (χ2n) is 8.41. The summed E-state index contributed by atoms with van der Waals surface area (Å²) in [5, 5.41) is 12.3. The van der Waals surface area contributed by atoms with Gasteiger partial charge in [0.05, 0.1) is 21.8 Å². The van der Waals surface area contributed by atoms with Crippen LogP contribution in [0.3, 0.4) is 0 Å². The van der Waals surface area contributed by atoms with E-state index in [-0.39, 0.29) is 11.7 Å². The second-order valence-corrected chi connectivity index (χ2v) is 10.9. The van der Waals surface area contributed by atoms with Crippen LogP contribution in [0.25, 0.3) is 0 Å². The summed E-state index contributed by atoms with van der Waals surface area (Å²) in [5.74, 6) is 1.08. The van der Waals surface area contributed by atoms with Gasteiger partial charge in [-0.25, -0.2) is 0 Å². The number of Topliss-reactive ketones (excluding diaryl/α,β-unsaturated/α-hetero) is 1. The van der Waals surface area contributed by atoms with Gasteiger partial charge in [-0.05, 0) is 52.8 Å². The molecule has 4 nitrogen and oxygen atoms in total. The highest BCUT2D eigenvalue weighted by molar-refractivity contribution is 8.01. The van der Waals surface area contributed by atoms with E-state index in [0.717, 1.165) is 38.0 Å². The van der Waals surface area contributed by atoms with Crippen molar-refractivity contribution in [3.05, 3.63) is 106 Å². The summed E-state index contributed by atoms with van der Waals surface area (Å²) in [6.07, 6.45) is 1.12. The Hall–Kier alpha value is -3.27. The van der Waals surface area contributed by atoms with Crippen molar-refractivity contribution in [2.75, 3.05) is 10.7 Å². The number of carbonyl (C=O) groups excluding carboxylic acids is 1. The fourth-order valence-electron chi connectivity index (χ4n) is 5.04. The quantitative estimate of drug-likeness (QED) is 0.416. The van der Waals surface area contributed by atoms with Crippen LogP contribution in [-0.4, -0.2) is 11.5 Å². The third-order valence-corrected chi connectivity index (χ3v) is 8.65. The van der Waals surface area contributed by atoms with Crippen LogP contribution in [0.1, 0.15) is 42.7 Å². The van der Waals surface area contributed by atoms with E-state index in [4.69, 9.17) is 5.73 Å². The van der Waals surface area contributed by atoms with Gasteiger partial charge >= 0.3 is 0 Å². The van der Waals surface area contributed by atoms with Crippen LogP contribution < -0.4 is 10.6 Å². The summed E-state index contributed by atoms with van der Waals surface area (Å²) in [5.41, 5.74) is 11.9. The van der Waals surface area contributed by atoms with Crippen LogP contribution in [0.2, 0.25) is 0 Å². The van der Waals surface area contributed by atoms with Gasteiger partial charge in [-0.1, -0.05) is 55.5 Å². The van der Waals surface area contributed by atoms with Gasteiger partial charge in [0.15, 0.2) is 5.78 Å². The zero-order valence-electron chi connectivity index (χ0n) is 18.9. The molecule has 2 atom stereocenters. The van der Waals surface area contributed by atoms with Crippen molar-refractivity contribution in [3.8, 4) is 6.07 Å². The maximum Gasteiger partial charge on any atom is 0.162 e. The van der Waals surface area contributed by atoms with Crippen molar-refractivity contribution in [1.82, 2.24) is 0 Å². The Morgan fingerprint density at radius 2 is 1.79 bits per heavy atom. The molecule has 1 aliphatic heterocycles.